The maximum atomic E-state index is 5.66. The minimum atomic E-state index is 0.859. The lowest BCUT2D eigenvalue weighted by Gasteiger charge is -2.16. The number of rotatable bonds is 4. The zero-order valence-electron chi connectivity index (χ0n) is 31.3. The quantitative estimate of drug-likeness (QED) is 0.177. The van der Waals surface area contributed by atoms with Gasteiger partial charge in [0.1, 0.15) is 11.6 Å². The highest BCUT2D eigenvalue weighted by Crippen LogP contribution is 2.42. The molecule has 5 heterocycles. The lowest BCUT2D eigenvalue weighted by atomic mass is 10.1. The normalized spacial score (nSPS) is 12.1. The average Bonchev–Trinajstić information content (AvgIpc) is 4.02. The Kier molecular flexibility index (Phi) is 6.38. The molecule has 13 rings (SSSR count). The molecule has 270 valence electrons. The number of aromatic nitrogens is 5. The summed E-state index contributed by atoms with van der Waals surface area (Å²) in [6.45, 7) is 0. The van der Waals surface area contributed by atoms with Gasteiger partial charge in [-0.15, -0.1) is 0 Å². The molecule has 0 aliphatic heterocycles. The van der Waals surface area contributed by atoms with E-state index in [-0.39, 0.29) is 0 Å². The van der Waals surface area contributed by atoms with Gasteiger partial charge in [-0.2, -0.15) is 0 Å². The second kappa shape index (κ2) is 11.8. The molecular formula is C53H33N5. The van der Waals surface area contributed by atoms with Gasteiger partial charge in [-0.3, -0.25) is 9.13 Å². The Balaban J connectivity index is 1.13. The first-order chi connectivity index (χ1) is 28.8. The molecule has 5 aromatic heterocycles. The van der Waals surface area contributed by atoms with Gasteiger partial charge in [0.2, 0.25) is 0 Å². The van der Waals surface area contributed by atoms with E-state index in [2.05, 4.69) is 218 Å². The third-order valence-corrected chi connectivity index (χ3v) is 12.2. The topological polar surface area (TPSA) is 32.6 Å². The molecular weight excluding hydrogens is 707 g/mol. The number of pyridine rings is 1. The number of nitrogens with zero attached hydrogens (tertiary/aromatic N) is 5. The van der Waals surface area contributed by atoms with Crippen molar-refractivity contribution in [2.45, 2.75) is 0 Å². The lowest BCUT2D eigenvalue weighted by molar-refractivity contribution is 1.00. The van der Waals surface area contributed by atoms with E-state index in [1.807, 2.05) is 0 Å². The molecule has 0 aliphatic rings. The second-order valence-corrected chi connectivity index (χ2v) is 15.1. The van der Waals surface area contributed by atoms with E-state index in [1.54, 1.807) is 0 Å². The van der Waals surface area contributed by atoms with Gasteiger partial charge >= 0.3 is 0 Å². The molecule has 5 heteroatoms. The summed E-state index contributed by atoms with van der Waals surface area (Å²) in [5.74, 6) is 1.72. The van der Waals surface area contributed by atoms with Gasteiger partial charge in [0.15, 0.2) is 0 Å². The molecule has 8 aromatic carbocycles. The van der Waals surface area contributed by atoms with Crippen LogP contribution in [0.1, 0.15) is 0 Å². The van der Waals surface area contributed by atoms with Crippen LogP contribution in [0.25, 0.3) is 110 Å². The average molecular weight is 740 g/mol. The highest BCUT2D eigenvalue weighted by Gasteiger charge is 2.23. The van der Waals surface area contributed by atoms with Crippen molar-refractivity contribution in [2.75, 3.05) is 0 Å². The minimum absolute atomic E-state index is 0.859. The fraction of sp³-hybridized carbons (Fsp3) is 0. The molecule has 0 saturated heterocycles. The van der Waals surface area contributed by atoms with Crippen molar-refractivity contribution in [3.8, 4) is 23.0 Å². The third kappa shape index (κ3) is 4.17. The van der Waals surface area contributed by atoms with E-state index in [0.717, 1.165) is 45.1 Å². The Morgan fingerprint density at radius 2 is 0.483 bits per heavy atom. The smallest absolute Gasteiger partial charge is 0.140 e. The summed E-state index contributed by atoms with van der Waals surface area (Å²) in [6.07, 6.45) is 0. The maximum absolute atomic E-state index is 5.66. The summed E-state index contributed by atoms with van der Waals surface area (Å²) >= 11 is 0. The van der Waals surface area contributed by atoms with Crippen LogP contribution < -0.4 is 0 Å². The number of fused-ring (bicyclic) bond motifs is 12. The van der Waals surface area contributed by atoms with Crippen molar-refractivity contribution in [1.29, 1.82) is 0 Å². The maximum Gasteiger partial charge on any atom is 0.140 e. The van der Waals surface area contributed by atoms with Crippen LogP contribution in [0.2, 0.25) is 0 Å². The Hall–Kier alpha value is -7.89. The summed E-state index contributed by atoms with van der Waals surface area (Å²) in [5.41, 5.74) is 11.4. The Morgan fingerprint density at radius 1 is 0.224 bits per heavy atom. The van der Waals surface area contributed by atoms with Crippen LogP contribution in [-0.4, -0.2) is 23.3 Å². The molecule has 5 nitrogen and oxygen atoms in total. The van der Waals surface area contributed by atoms with Crippen molar-refractivity contribution in [3.63, 3.8) is 0 Å². The zero-order valence-corrected chi connectivity index (χ0v) is 31.3. The summed E-state index contributed by atoms with van der Waals surface area (Å²) in [7, 11) is 0. The van der Waals surface area contributed by atoms with E-state index in [1.165, 1.54) is 65.2 Å². The van der Waals surface area contributed by atoms with Gasteiger partial charge in [0, 0.05) is 43.1 Å². The van der Waals surface area contributed by atoms with Crippen molar-refractivity contribution in [2.24, 2.45) is 0 Å². The van der Waals surface area contributed by atoms with Crippen LogP contribution in [-0.2, 0) is 0 Å². The molecule has 0 fully saturated rings. The molecule has 0 amide bonds. The number of benzene rings is 8. The SMILES string of the molecule is c1cc(-n2c3ccccc3c3cccc(-n4c5ccccc5c5ccccc54)c32)nc(-n2c3ccccc3c3cccc(-n4c5ccccc5c5ccccc54)c32)c1. The minimum Gasteiger partial charge on any atom is -0.307 e. The monoisotopic (exact) mass is 739 g/mol. The van der Waals surface area contributed by atoms with Gasteiger partial charge in [-0.25, -0.2) is 4.98 Å². The van der Waals surface area contributed by atoms with Crippen LogP contribution in [0.5, 0.6) is 0 Å². The van der Waals surface area contributed by atoms with Crippen LogP contribution in [0.15, 0.2) is 200 Å². The van der Waals surface area contributed by atoms with Crippen LogP contribution in [0.3, 0.4) is 0 Å². The predicted octanol–water partition coefficient (Wildman–Crippen LogP) is 13.5. The number of hydrogen-bond acceptors (Lipinski definition) is 1. The van der Waals surface area contributed by atoms with Crippen LogP contribution >= 0.6 is 0 Å². The third-order valence-electron chi connectivity index (χ3n) is 12.2. The molecule has 58 heavy (non-hydrogen) atoms. The number of para-hydroxylation sites is 8. The van der Waals surface area contributed by atoms with Gasteiger partial charge in [-0.05, 0) is 60.7 Å². The number of hydrogen-bond donors (Lipinski definition) is 0. The summed E-state index contributed by atoms with van der Waals surface area (Å²) in [5, 5.41) is 9.72. The van der Waals surface area contributed by atoms with E-state index in [9.17, 15) is 0 Å². The molecule has 0 unspecified atom stereocenters. The Labute approximate surface area is 332 Å². The highest BCUT2D eigenvalue weighted by molar-refractivity contribution is 6.16. The molecule has 0 spiro atoms. The van der Waals surface area contributed by atoms with E-state index >= 15 is 0 Å². The summed E-state index contributed by atoms with van der Waals surface area (Å²) in [4.78, 5) is 5.66. The first-order valence-electron chi connectivity index (χ1n) is 19.8. The van der Waals surface area contributed by atoms with Crippen molar-refractivity contribution in [1.82, 2.24) is 23.3 Å². The van der Waals surface area contributed by atoms with E-state index < -0.39 is 0 Å². The molecule has 0 atom stereocenters. The van der Waals surface area contributed by atoms with Crippen LogP contribution in [0, 0.1) is 0 Å². The van der Waals surface area contributed by atoms with Crippen LogP contribution in [0.4, 0.5) is 0 Å². The Morgan fingerprint density at radius 3 is 0.828 bits per heavy atom. The van der Waals surface area contributed by atoms with Crippen molar-refractivity contribution in [3.05, 3.63) is 200 Å². The first kappa shape index (κ1) is 31.3. The molecule has 0 N–H and O–H groups in total. The standard InChI is InChI=1S/C53H33N5/c1-7-24-42-34(16-1)35-17-2-8-25-43(35)55(42)48-30-13-22-40-38-20-5-11-28-46(38)57(52(40)48)50-32-15-33-51(54-50)58-47-29-12-6-21-39(47)41-23-14-31-49(53(41)58)56-44-26-9-3-18-36(44)37-19-4-10-27-45(37)56/h1-33H. The first-order valence-corrected chi connectivity index (χ1v) is 19.8. The lowest BCUT2D eigenvalue weighted by Crippen LogP contribution is -2.06. The molecule has 0 aliphatic carbocycles. The fourth-order valence-corrected chi connectivity index (χ4v) is 9.86. The van der Waals surface area contributed by atoms with E-state index in [0.29, 0.717) is 0 Å². The summed E-state index contributed by atoms with van der Waals surface area (Å²) in [6, 6.07) is 72.2. The molecule has 0 bridgehead atoms. The molecule has 13 aromatic rings. The predicted molar refractivity (Wildman–Crippen MR) is 242 cm³/mol. The molecule has 0 saturated carbocycles. The molecule has 0 radical (unpaired) electrons. The zero-order chi connectivity index (χ0) is 37.9. The van der Waals surface area contributed by atoms with Crippen molar-refractivity contribution >= 4 is 87.2 Å². The highest BCUT2D eigenvalue weighted by atomic mass is 15.2. The van der Waals surface area contributed by atoms with E-state index in [4.69, 9.17) is 4.98 Å². The van der Waals surface area contributed by atoms with Gasteiger partial charge < -0.3 is 9.13 Å². The Bertz CT molecular complexity index is 3460. The largest absolute Gasteiger partial charge is 0.307 e. The van der Waals surface area contributed by atoms with Gasteiger partial charge in [-0.1, -0.05) is 140 Å². The fourth-order valence-electron chi connectivity index (χ4n) is 9.86. The van der Waals surface area contributed by atoms with Gasteiger partial charge in [0.05, 0.1) is 55.5 Å². The summed E-state index contributed by atoms with van der Waals surface area (Å²) < 4.78 is 9.60. The second-order valence-electron chi connectivity index (χ2n) is 15.1. The van der Waals surface area contributed by atoms with Crippen molar-refractivity contribution < 1.29 is 0 Å². The van der Waals surface area contributed by atoms with Gasteiger partial charge in [0.25, 0.3) is 0 Å².